The third-order valence-electron chi connectivity index (χ3n) is 6.26. The van der Waals surface area contributed by atoms with Crippen LogP contribution < -0.4 is 4.90 Å². The average molecular weight is 416 g/mol. The van der Waals surface area contributed by atoms with E-state index in [-0.39, 0.29) is 35.9 Å². The molecule has 0 aromatic heterocycles. The summed E-state index contributed by atoms with van der Waals surface area (Å²) in [4.78, 5) is 29.8. The maximum Gasteiger partial charge on any atom is 0.258 e. The number of likely N-dealkylation sites (tertiary alicyclic amines) is 1. The van der Waals surface area contributed by atoms with Crippen molar-refractivity contribution in [2.45, 2.75) is 18.0 Å². The molecule has 156 valence electrons. The first kappa shape index (κ1) is 19.5. The van der Waals surface area contributed by atoms with Gasteiger partial charge in [0.15, 0.2) is 0 Å². The molecular weight excluding hydrogens is 395 g/mol. The van der Waals surface area contributed by atoms with Crippen LogP contribution in [0.2, 0.25) is 0 Å². The Morgan fingerprint density at radius 3 is 2.35 bits per heavy atom. The molecule has 6 heteroatoms. The molecule has 3 atom stereocenters. The second kappa shape index (κ2) is 7.63. The molecule has 1 saturated heterocycles. The number of aliphatic hydroxyl groups excluding tert-OH is 1. The highest BCUT2D eigenvalue weighted by molar-refractivity contribution is 6.07. The van der Waals surface area contributed by atoms with Gasteiger partial charge in [0.25, 0.3) is 11.8 Å². The van der Waals surface area contributed by atoms with E-state index in [1.54, 1.807) is 28.0 Å². The van der Waals surface area contributed by atoms with Crippen molar-refractivity contribution in [2.24, 2.45) is 0 Å². The normalized spacial score (nSPS) is 21.7. The van der Waals surface area contributed by atoms with E-state index in [4.69, 9.17) is 0 Å². The molecule has 2 aliphatic rings. The molecule has 2 aliphatic heterocycles. The van der Waals surface area contributed by atoms with E-state index < -0.39 is 11.9 Å². The number of para-hydroxylation sites is 1. The monoisotopic (exact) mass is 416 g/mol. The Hall–Kier alpha value is -3.51. The van der Waals surface area contributed by atoms with Crippen molar-refractivity contribution in [2.75, 3.05) is 18.1 Å². The highest BCUT2D eigenvalue weighted by Crippen LogP contribution is 2.48. The molecule has 0 radical (unpaired) electrons. The summed E-state index contributed by atoms with van der Waals surface area (Å²) in [5.74, 6) is -1.06. The van der Waals surface area contributed by atoms with E-state index in [0.717, 1.165) is 11.3 Å². The fourth-order valence-corrected chi connectivity index (χ4v) is 4.87. The maximum atomic E-state index is 13.7. The summed E-state index contributed by atoms with van der Waals surface area (Å²) in [6.45, 7) is 0.107. The van der Waals surface area contributed by atoms with E-state index in [1.807, 2.05) is 42.5 Å². The number of hydrogen-bond acceptors (Lipinski definition) is 3. The summed E-state index contributed by atoms with van der Waals surface area (Å²) < 4.78 is 13.7. The Morgan fingerprint density at radius 1 is 0.903 bits per heavy atom. The standard InChI is InChI=1S/C25H21FN2O3/c26-18-10-6-9-17(13-18)25(31)28-21-14-27(24(30)16-7-2-1-3-8-16)20-12-5-4-11-19(20)23(21)22(28)15-29/h1-13,21-23,29H,14-15H2/t21-,22-,23+/m0/s1. The largest absolute Gasteiger partial charge is 0.394 e. The summed E-state index contributed by atoms with van der Waals surface area (Å²) >= 11 is 0. The van der Waals surface area contributed by atoms with Crippen LogP contribution in [-0.4, -0.2) is 47.1 Å². The van der Waals surface area contributed by atoms with E-state index in [9.17, 15) is 19.1 Å². The summed E-state index contributed by atoms with van der Waals surface area (Å²) in [5.41, 5.74) is 2.53. The number of fused-ring (bicyclic) bond motifs is 3. The van der Waals surface area contributed by atoms with Crippen LogP contribution in [0.3, 0.4) is 0 Å². The van der Waals surface area contributed by atoms with Crippen LogP contribution >= 0.6 is 0 Å². The van der Waals surface area contributed by atoms with Gasteiger partial charge >= 0.3 is 0 Å². The Morgan fingerprint density at radius 2 is 1.61 bits per heavy atom. The summed E-state index contributed by atoms with van der Waals surface area (Å²) in [6, 6.07) is 21.5. The van der Waals surface area contributed by atoms with E-state index >= 15 is 0 Å². The van der Waals surface area contributed by atoms with Crippen LogP contribution in [0.4, 0.5) is 10.1 Å². The predicted octanol–water partition coefficient (Wildman–Crippen LogP) is 3.46. The highest BCUT2D eigenvalue weighted by atomic mass is 19.1. The van der Waals surface area contributed by atoms with Crippen molar-refractivity contribution in [3.63, 3.8) is 0 Å². The fourth-order valence-electron chi connectivity index (χ4n) is 4.87. The predicted molar refractivity (Wildman–Crippen MR) is 115 cm³/mol. The molecule has 1 N–H and O–H groups in total. The number of hydrogen-bond donors (Lipinski definition) is 1. The molecular formula is C25H21FN2O3. The molecule has 5 rings (SSSR count). The maximum absolute atomic E-state index is 13.7. The molecule has 3 aromatic carbocycles. The molecule has 1 fully saturated rings. The van der Waals surface area contributed by atoms with Crippen LogP contribution in [0.15, 0.2) is 78.9 Å². The third kappa shape index (κ3) is 3.11. The van der Waals surface area contributed by atoms with Crippen LogP contribution in [-0.2, 0) is 0 Å². The van der Waals surface area contributed by atoms with Gasteiger partial charge in [-0.05, 0) is 42.0 Å². The number of nitrogens with zero attached hydrogens (tertiary/aromatic N) is 2. The first-order valence-electron chi connectivity index (χ1n) is 10.2. The Balaban J connectivity index is 1.53. The number of amides is 2. The van der Waals surface area contributed by atoms with Gasteiger partial charge in [0.2, 0.25) is 0 Å². The molecule has 5 nitrogen and oxygen atoms in total. The van der Waals surface area contributed by atoms with E-state index in [0.29, 0.717) is 12.1 Å². The molecule has 2 amide bonds. The van der Waals surface area contributed by atoms with Crippen LogP contribution in [0, 0.1) is 5.82 Å². The van der Waals surface area contributed by atoms with Gasteiger partial charge in [-0.25, -0.2) is 4.39 Å². The summed E-state index contributed by atoms with van der Waals surface area (Å²) in [6.07, 6.45) is 0. The minimum Gasteiger partial charge on any atom is -0.394 e. The summed E-state index contributed by atoms with van der Waals surface area (Å²) in [5, 5.41) is 10.1. The lowest BCUT2D eigenvalue weighted by atomic mass is 9.71. The van der Waals surface area contributed by atoms with Crippen LogP contribution in [0.5, 0.6) is 0 Å². The second-order valence-corrected chi connectivity index (χ2v) is 7.91. The van der Waals surface area contributed by atoms with Crippen LogP contribution in [0.25, 0.3) is 0 Å². The van der Waals surface area contributed by atoms with Gasteiger partial charge in [-0.3, -0.25) is 9.59 Å². The first-order chi connectivity index (χ1) is 15.1. The Kier molecular flexibility index (Phi) is 4.79. The van der Waals surface area contributed by atoms with E-state index in [1.165, 1.54) is 18.2 Å². The zero-order chi connectivity index (χ0) is 21.5. The number of halogens is 1. The number of benzene rings is 3. The molecule has 31 heavy (non-hydrogen) atoms. The summed E-state index contributed by atoms with van der Waals surface area (Å²) in [7, 11) is 0. The first-order valence-corrected chi connectivity index (χ1v) is 10.2. The molecule has 3 aromatic rings. The molecule has 2 heterocycles. The molecule has 0 bridgehead atoms. The topological polar surface area (TPSA) is 60.9 Å². The number of carbonyl (C=O) groups excluding carboxylic acids is 2. The number of rotatable bonds is 3. The van der Waals surface area contributed by atoms with Crippen molar-refractivity contribution in [1.29, 1.82) is 0 Å². The van der Waals surface area contributed by atoms with Gasteiger partial charge in [0.05, 0.1) is 18.7 Å². The average Bonchev–Trinajstić information content (AvgIpc) is 2.79. The molecule has 0 saturated carbocycles. The number of anilines is 1. The third-order valence-corrected chi connectivity index (χ3v) is 6.26. The minimum atomic E-state index is -0.488. The Bertz CT molecular complexity index is 1150. The smallest absolute Gasteiger partial charge is 0.258 e. The molecule has 0 unspecified atom stereocenters. The fraction of sp³-hybridized carbons (Fsp3) is 0.200. The van der Waals surface area contributed by atoms with Gasteiger partial charge in [0, 0.05) is 29.3 Å². The highest BCUT2D eigenvalue weighted by Gasteiger charge is 2.55. The lowest BCUT2D eigenvalue weighted by Crippen LogP contribution is -2.70. The molecule has 0 aliphatic carbocycles. The lowest BCUT2D eigenvalue weighted by molar-refractivity contribution is -0.0246. The van der Waals surface area contributed by atoms with Crippen LogP contribution in [0.1, 0.15) is 32.2 Å². The zero-order valence-corrected chi connectivity index (χ0v) is 16.7. The number of carbonyl (C=O) groups is 2. The lowest BCUT2D eigenvalue weighted by Gasteiger charge is -2.58. The van der Waals surface area contributed by atoms with Gasteiger partial charge in [0.1, 0.15) is 5.82 Å². The second-order valence-electron chi connectivity index (χ2n) is 7.91. The number of aliphatic hydroxyl groups is 1. The zero-order valence-electron chi connectivity index (χ0n) is 16.7. The van der Waals surface area contributed by atoms with Crippen molar-refractivity contribution < 1.29 is 19.1 Å². The van der Waals surface area contributed by atoms with Crippen molar-refractivity contribution in [3.8, 4) is 0 Å². The van der Waals surface area contributed by atoms with Gasteiger partial charge in [-0.2, -0.15) is 0 Å². The van der Waals surface area contributed by atoms with Gasteiger partial charge in [-0.1, -0.05) is 42.5 Å². The van der Waals surface area contributed by atoms with Crippen molar-refractivity contribution >= 4 is 17.5 Å². The van der Waals surface area contributed by atoms with Gasteiger partial charge < -0.3 is 14.9 Å². The van der Waals surface area contributed by atoms with Crippen molar-refractivity contribution in [3.05, 3.63) is 101 Å². The SMILES string of the molecule is O=C(c1ccccc1)N1C[C@H]2[C@@H](c3ccccc31)[C@H](CO)N2C(=O)c1cccc(F)c1. The quantitative estimate of drug-likeness (QED) is 0.712. The minimum absolute atomic E-state index is 0.0847. The Labute approximate surface area is 179 Å². The van der Waals surface area contributed by atoms with E-state index in [2.05, 4.69) is 0 Å². The van der Waals surface area contributed by atoms with Crippen molar-refractivity contribution in [1.82, 2.24) is 4.90 Å². The van der Waals surface area contributed by atoms with Gasteiger partial charge in [-0.15, -0.1) is 0 Å². The molecule has 0 spiro atoms.